The lowest BCUT2D eigenvalue weighted by molar-refractivity contribution is -0.116. The van der Waals surface area contributed by atoms with Crippen LogP contribution in [0.3, 0.4) is 0 Å². The summed E-state index contributed by atoms with van der Waals surface area (Å²) in [5, 5.41) is 7.59. The molecule has 2 aromatic carbocycles. The third-order valence-corrected chi connectivity index (χ3v) is 5.26. The minimum Gasteiger partial charge on any atom is -0.355 e. The van der Waals surface area contributed by atoms with E-state index in [1.165, 1.54) is 29.2 Å². The van der Waals surface area contributed by atoms with Crippen molar-refractivity contribution >= 4 is 51.6 Å². The number of aryl methyl sites for hydroxylation is 1. The summed E-state index contributed by atoms with van der Waals surface area (Å²) >= 11 is 1.31. The van der Waals surface area contributed by atoms with Crippen molar-refractivity contribution < 1.29 is 14.4 Å². The number of aromatic nitrogens is 1. The molecule has 2 N–H and O–H groups in total. The van der Waals surface area contributed by atoms with E-state index in [1.54, 1.807) is 43.6 Å². The highest BCUT2D eigenvalue weighted by atomic mass is 32.1. The van der Waals surface area contributed by atoms with Gasteiger partial charge in [-0.3, -0.25) is 19.3 Å². The maximum atomic E-state index is 12.4. The van der Waals surface area contributed by atoms with Crippen molar-refractivity contribution in [3.05, 3.63) is 76.8 Å². The molecular formula is C23H22N4O3S. The van der Waals surface area contributed by atoms with Gasteiger partial charge >= 0.3 is 0 Å². The van der Waals surface area contributed by atoms with Gasteiger partial charge in [0.25, 0.3) is 5.91 Å². The van der Waals surface area contributed by atoms with E-state index in [2.05, 4.69) is 15.6 Å². The average molecular weight is 435 g/mol. The Balaban J connectivity index is 1.76. The van der Waals surface area contributed by atoms with Gasteiger partial charge in [0.05, 0.1) is 22.6 Å². The fraction of sp³-hybridized carbons (Fsp3) is 0.130. The summed E-state index contributed by atoms with van der Waals surface area (Å²) in [4.78, 5) is 42.7. The molecule has 0 unspecified atom stereocenters. The first-order chi connectivity index (χ1) is 14.9. The van der Waals surface area contributed by atoms with Crippen molar-refractivity contribution in [2.45, 2.75) is 13.8 Å². The minimum absolute atomic E-state index is 0.157. The van der Waals surface area contributed by atoms with Gasteiger partial charge in [0.15, 0.2) is 5.13 Å². The fourth-order valence-electron chi connectivity index (χ4n) is 2.99. The van der Waals surface area contributed by atoms with Crippen LogP contribution in [0.4, 0.5) is 16.5 Å². The molecule has 0 bridgehead atoms. The Labute approximate surface area is 184 Å². The third-order valence-electron chi connectivity index (χ3n) is 4.42. The van der Waals surface area contributed by atoms with E-state index < -0.39 is 5.91 Å². The molecule has 8 heteroatoms. The SMILES string of the molecule is CNC(=O)c1c(C)cccc1NC(=O)/C=C/c1csc(N(C(C)=O)c2ccccc2)n1. The Hall–Kier alpha value is -3.78. The number of hydrogen-bond donors (Lipinski definition) is 2. The fourth-order valence-corrected chi connectivity index (χ4v) is 3.85. The lowest BCUT2D eigenvalue weighted by atomic mass is 10.1. The predicted molar refractivity (Wildman–Crippen MR) is 124 cm³/mol. The summed E-state index contributed by atoms with van der Waals surface area (Å²) < 4.78 is 0. The van der Waals surface area contributed by atoms with Crippen molar-refractivity contribution in [1.82, 2.24) is 10.3 Å². The van der Waals surface area contributed by atoms with Gasteiger partial charge in [-0.25, -0.2) is 4.98 Å². The molecule has 3 amide bonds. The Bertz CT molecular complexity index is 1140. The Morgan fingerprint density at radius 2 is 1.81 bits per heavy atom. The van der Waals surface area contributed by atoms with E-state index in [0.717, 1.165) is 11.3 Å². The molecule has 0 saturated carbocycles. The van der Waals surface area contributed by atoms with Gasteiger partial charge in [0.1, 0.15) is 0 Å². The van der Waals surface area contributed by atoms with Crippen LogP contribution < -0.4 is 15.5 Å². The number of thiazole rings is 1. The summed E-state index contributed by atoms with van der Waals surface area (Å²) in [6.07, 6.45) is 2.91. The number of amides is 3. The zero-order valence-electron chi connectivity index (χ0n) is 17.4. The molecule has 0 fully saturated rings. The van der Waals surface area contributed by atoms with Crippen LogP contribution in [0.5, 0.6) is 0 Å². The molecule has 1 aromatic heterocycles. The molecule has 0 radical (unpaired) electrons. The first kappa shape index (κ1) is 21.9. The van der Waals surface area contributed by atoms with Crippen molar-refractivity contribution in [3.8, 4) is 0 Å². The van der Waals surface area contributed by atoms with Gasteiger partial charge in [0, 0.05) is 25.4 Å². The number of nitrogens with one attached hydrogen (secondary N) is 2. The zero-order valence-corrected chi connectivity index (χ0v) is 18.2. The van der Waals surface area contributed by atoms with E-state index in [1.807, 2.05) is 30.3 Å². The van der Waals surface area contributed by atoms with Gasteiger partial charge in [-0.1, -0.05) is 30.3 Å². The van der Waals surface area contributed by atoms with Crippen LogP contribution in [0.1, 0.15) is 28.5 Å². The number of para-hydroxylation sites is 1. The molecule has 1 heterocycles. The van der Waals surface area contributed by atoms with Gasteiger partial charge in [0.2, 0.25) is 11.8 Å². The smallest absolute Gasteiger partial charge is 0.253 e. The Kier molecular flexibility index (Phi) is 6.94. The third kappa shape index (κ3) is 5.23. The molecule has 3 aromatic rings. The van der Waals surface area contributed by atoms with Crippen LogP contribution >= 0.6 is 11.3 Å². The van der Waals surface area contributed by atoms with Crippen molar-refractivity contribution in [2.75, 3.05) is 17.3 Å². The highest BCUT2D eigenvalue weighted by Gasteiger charge is 2.17. The second kappa shape index (κ2) is 9.82. The number of benzene rings is 2. The van der Waals surface area contributed by atoms with E-state index in [9.17, 15) is 14.4 Å². The second-order valence-corrected chi connectivity index (χ2v) is 7.48. The molecule has 7 nitrogen and oxygen atoms in total. The van der Waals surface area contributed by atoms with Crippen molar-refractivity contribution in [3.63, 3.8) is 0 Å². The number of anilines is 3. The summed E-state index contributed by atoms with van der Waals surface area (Å²) in [6, 6.07) is 14.5. The molecule has 0 aliphatic rings. The van der Waals surface area contributed by atoms with E-state index in [0.29, 0.717) is 22.1 Å². The predicted octanol–water partition coefficient (Wildman–Crippen LogP) is 4.15. The van der Waals surface area contributed by atoms with Gasteiger partial charge in [-0.05, 0) is 36.8 Å². The second-order valence-electron chi connectivity index (χ2n) is 6.64. The summed E-state index contributed by atoms with van der Waals surface area (Å²) in [5.74, 6) is -0.821. The molecule has 3 rings (SSSR count). The average Bonchev–Trinajstić information content (AvgIpc) is 3.21. The van der Waals surface area contributed by atoms with Crippen LogP contribution in [0.25, 0.3) is 6.08 Å². The summed E-state index contributed by atoms with van der Waals surface area (Å²) in [7, 11) is 1.54. The lowest BCUT2D eigenvalue weighted by Crippen LogP contribution is -2.22. The molecule has 158 valence electrons. The van der Waals surface area contributed by atoms with Crippen LogP contribution in [0.2, 0.25) is 0 Å². The summed E-state index contributed by atoms with van der Waals surface area (Å²) in [5.41, 5.74) is 2.88. The maximum absolute atomic E-state index is 12.4. The molecule has 0 aliphatic carbocycles. The van der Waals surface area contributed by atoms with E-state index >= 15 is 0 Å². The van der Waals surface area contributed by atoms with Gasteiger partial charge in [-0.15, -0.1) is 11.3 Å². The van der Waals surface area contributed by atoms with Gasteiger partial charge < -0.3 is 10.6 Å². The highest BCUT2D eigenvalue weighted by Crippen LogP contribution is 2.29. The zero-order chi connectivity index (χ0) is 22.4. The summed E-state index contributed by atoms with van der Waals surface area (Å²) in [6.45, 7) is 3.28. The van der Waals surface area contributed by atoms with Crippen LogP contribution in [0.15, 0.2) is 60.0 Å². The quantitative estimate of drug-likeness (QED) is 0.570. The monoisotopic (exact) mass is 434 g/mol. The number of nitrogens with zero attached hydrogens (tertiary/aromatic N) is 2. The largest absolute Gasteiger partial charge is 0.355 e. The molecular weight excluding hydrogens is 412 g/mol. The molecule has 0 saturated heterocycles. The molecule has 0 aliphatic heterocycles. The van der Waals surface area contributed by atoms with Crippen molar-refractivity contribution in [1.29, 1.82) is 0 Å². The highest BCUT2D eigenvalue weighted by molar-refractivity contribution is 7.14. The lowest BCUT2D eigenvalue weighted by Gasteiger charge is -2.17. The standard InChI is InChI=1S/C23H22N4O3S/c1-15-8-7-11-19(21(15)22(30)24-3)26-20(29)13-12-17-14-31-23(25-17)27(16(2)28)18-9-5-4-6-10-18/h4-14H,1-3H3,(H,24,30)(H,26,29)/b13-12+. The Morgan fingerprint density at radius 3 is 2.48 bits per heavy atom. The maximum Gasteiger partial charge on any atom is 0.253 e. The van der Waals surface area contributed by atoms with Crippen LogP contribution in [0, 0.1) is 6.92 Å². The first-order valence-corrected chi connectivity index (χ1v) is 10.4. The Morgan fingerprint density at radius 1 is 1.06 bits per heavy atom. The number of rotatable bonds is 6. The van der Waals surface area contributed by atoms with Crippen LogP contribution in [-0.4, -0.2) is 29.8 Å². The first-order valence-electron chi connectivity index (χ1n) is 9.52. The number of carbonyl (C=O) groups excluding carboxylic acids is 3. The van der Waals surface area contributed by atoms with Gasteiger partial charge in [-0.2, -0.15) is 0 Å². The van der Waals surface area contributed by atoms with Crippen molar-refractivity contribution in [2.24, 2.45) is 0 Å². The van der Waals surface area contributed by atoms with Crippen LogP contribution in [-0.2, 0) is 9.59 Å². The van der Waals surface area contributed by atoms with E-state index in [-0.39, 0.29) is 11.8 Å². The normalized spacial score (nSPS) is 10.7. The topological polar surface area (TPSA) is 91.4 Å². The minimum atomic E-state index is -0.392. The van der Waals surface area contributed by atoms with E-state index in [4.69, 9.17) is 0 Å². The number of carbonyl (C=O) groups is 3. The number of hydrogen-bond acceptors (Lipinski definition) is 5. The molecule has 0 spiro atoms. The molecule has 31 heavy (non-hydrogen) atoms. The molecule has 0 atom stereocenters.